The molecule has 184 valence electrons. The van der Waals surface area contributed by atoms with Crippen LogP contribution in [0.5, 0.6) is 0 Å². The van der Waals surface area contributed by atoms with Gasteiger partial charge in [0.2, 0.25) is 0 Å². The maximum Gasteiger partial charge on any atom is 0.407 e. The van der Waals surface area contributed by atoms with Crippen LogP contribution < -0.4 is 14.9 Å². The average Bonchev–Trinajstić information content (AvgIpc) is 2.82. The number of alkyl carbamates (subject to hydrolysis) is 1. The normalized spacial score (nSPS) is 11.4. The molecule has 0 heterocycles. The van der Waals surface area contributed by atoms with Gasteiger partial charge in [-0.3, -0.25) is 9.10 Å². The largest absolute Gasteiger partial charge is 0.444 e. The van der Waals surface area contributed by atoms with Crippen molar-refractivity contribution in [2.45, 2.75) is 37.8 Å². The van der Waals surface area contributed by atoms with Gasteiger partial charge in [0.05, 0.1) is 10.6 Å². The van der Waals surface area contributed by atoms with Gasteiger partial charge in [-0.1, -0.05) is 36.4 Å². The van der Waals surface area contributed by atoms with E-state index in [9.17, 15) is 18.0 Å². The topological polar surface area (TPSA) is 105 Å². The van der Waals surface area contributed by atoms with E-state index in [1.165, 1.54) is 23.5 Å². The lowest BCUT2D eigenvalue weighted by Gasteiger charge is -2.20. The standard InChI is InChI=1S/C26H29N3O5S/c1-26(2,3)34-25(31)27-18-19-13-15-20(16-14-19)24(30)28-21-9-8-12-23(17-21)35(32,33)29(4)22-10-6-5-7-11-22/h5-17H,18H2,1-4H3,(H,27,31)(H,28,30). The van der Waals surface area contributed by atoms with Gasteiger partial charge in [0.15, 0.2) is 0 Å². The van der Waals surface area contributed by atoms with Crippen LogP contribution >= 0.6 is 0 Å². The second-order valence-electron chi connectivity index (χ2n) is 8.84. The second kappa shape index (κ2) is 10.6. The van der Waals surface area contributed by atoms with Crippen molar-refractivity contribution in [3.63, 3.8) is 0 Å². The molecule has 0 spiro atoms. The molecule has 9 heteroatoms. The summed E-state index contributed by atoms with van der Waals surface area (Å²) in [6.45, 7) is 5.61. The Balaban J connectivity index is 1.65. The number of hydrogen-bond donors (Lipinski definition) is 2. The number of anilines is 2. The van der Waals surface area contributed by atoms with Crippen molar-refractivity contribution in [3.05, 3.63) is 90.0 Å². The predicted octanol–water partition coefficient (Wildman–Crippen LogP) is 4.79. The minimum Gasteiger partial charge on any atom is -0.444 e. The van der Waals surface area contributed by atoms with Crippen molar-refractivity contribution in [1.29, 1.82) is 0 Å². The van der Waals surface area contributed by atoms with Crippen LogP contribution in [0.15, 0.2) is 83.8 Å². The number of carbonyl (C=O) groups is 2. The van der Waals surface area contributed by atoms with Gasteiger partial charge in [0.25, 0.3) is 15.9 Å². The van der Waals surface area contributed by atoms with Crippen LogP contribution in [0.4, 0.5) is 16.2 Å². The molecular formula is C26H29N3O5S. The molecule has 0 atom stereocenters. The number of ether oxygens (including phenoxy) is 1. The van der Waals surface area contributed by atoms with E-state index >= 15 is 0 Å². The minimum absolute atomic E-state index is 0.0604. The number of benzene rings is 3. The molecule has 0 saturated heterocycles. The highest BCUT2D eigenvalue weighted by atomic mass is 32.2. The highest BCUT2D eigenvalue weighted by Crippen LogP contribution is 2.24. The first-order valence-electron chi connectivity index (χ1n) is 11.0. The Bertz CT molecular complexity index is 1280. The average molecular weight is 496 g/mol. The van der Waals surface area contributed by atoms with Crippen molar-refractivity contribution >= 4 is 33.4 Å². The molecular weight excluding hydrogens is 466 g/mol. The Morgan fingerprint density at radius 2 is 1.57 bits per heavy atom. The van der Waals surface area contributed by atoms with Gasteiger partial charge in [-0.25, -0.2) is 13.2 Å². The van der Waals surface area contributed by atoms with Crippen molar-refractivity contribution in [1.82, 2.24) is 5.32 Å². The van der Waals surface area contributed by atoms with E-state index in [1.807, 2.05) is 6.07 Å². The smallest absolute Gasteiger partial charge is 0.407 e. The van der Waals surface area contributed by atoms with Crippen LogP contribution in [0.1, 0.15) is 36.7 Å². The minimum atomic E-state index is -3.81. The molecule has 0 aliphatic carbocycles. The summed E-state index contributed by atoms with van der Waals surface area (Å²) in [5, 5.41) is 5.40. The quantitative estimate of drug-likeness (QED) is 0.490. The summed E-state index contributed by atoms with van der Waals surface area (Å²) in [4.78, 5) is 24.6. The van der Waals surface area contributed by atoms with E-state index < -0.39 is 21.7 Å². The van der Waals surface area contributed by atoms with Gasteiger partial charge >= 0.3 is 6.09 Å². The number of nitrogens with one attached hydrogen (secondary N) is 2. The third kappa shape index (κ3) is 7.07. The van der Waals surface area contributed by atoms with Gasteiger partial charge in [0.1, 0.15) is 5.60 Å². The Kier molecular flexibility index (Phi) is 7.81. The number of amides is 2. The number of carbonyl (C=O) groups excluding carboxylic acids is 2. The van der Waals surface area contributed by atoms with Crippen molar-refractivity contribution in [2.24, 2.45) is 0 Å². The van der Waals surface area contributed by atoms with E-state index in [2.05, 4.69) is 10.6 Å². The van der Waals surface area contributed by atoms with Crippen molar-refractivity contribution in [3.8, 4) is 0 Å². The fourth-order valence-corrected chi connectivity index (χ4v) is 4.38. The first kappa shape index (κ1) is 25.8. The highest BCUT2D eigenvalue weighted by molar-refractivity contribution is 7.92. The van der Waals surface area contributed by atoms with E-state index in [0.29, 0.717) is 16.9 Å². The zero-order valence-corrected chi connectivity index (χ0v) is 20.9. The lowest BCUT2D eigenvalue weighted by Crippen LogP contribution is -2.32. The monoisotopic (exact) mass is 495 g/mol. The van der Waals surface area contributed by atoms with Crippen LogP contribution in [0.25, 0.3) is 0 Å². The first-order chi connectivity index (χ1) is 16.5. The number of sulfonamides is 1. The maximum absolute atomic E-state index is 13.0. The third-order valence-corrected chi connectivity index (χ3v) is 6.70. The fraction of sp³-hybridized carbons (Fsp3) is 0.231. The van der Waals surface area contributed by atoms with Gasteiger partial charge in [-0.2, -0.15) is 0 Å². The summed E-state index contributed by atoms with van der Waals surface area (Å²) in [5.41, 5.74) is 1.49. The van der Waals surface area contributed by atoms with Crippen LogP contribution in [-0.2, 0) is 21.3 Å². The number of rotatable bonds is 7. The van der Waals surface area contributed by atoms with Crippen LogP contribution in [0.3, 0.4) is 0 Å². The predicted molar refractivity (Wildman–Crippen MR) is 136 cm³/mol. The molecule has 0 aromatic heterocycles. The van der Waals surface area contributed by atoms with Crippen LogP contribution in [-0.4, -0.2) is 33.1 Å². The summed E-state index contributed by atoms with van der Waals surface area (Å²) in [7, 11) is -2.33. The van der Waals surface area contributed by atoms with E-state index in [0.717, 1.165) is 5.56 Å². The lowest BCUT2D eigenvalue weighted by atomic mass is 10.1. The number of hydrogen-bond acceptors (Lipinski definition) is 5. The Morgan fingerprint density at radius 3 is 2.20 bits per heavy atom. The highest BCUT2D eigenvalue weighted by Gasteiger charge is 2.22. The van der Waals surface area contributed by atoms with Crippen molar-refractivity contribution in [2.75, 3.05) is 16.7 Å². The number of para-hydroxylation sites is 1. The molecule has 0 unspecified atom stereocenters. The summed E-state index contributed by atoms with van der Waals surface area (Å²) in [5.74, 6) is -0.386. The maximum atomic E-state index is 13.0. The molecule has 35 heavy (non-hydrogen) atoms. The van der Waals surface area contributed by atoms with E-state index in [1.54, 1.807) is 81.4 Å². The summed E-state index contributed by atoms with van der Waals surface area (Å²) >= 11 is 0. The Morgan fingerprint density at radius 1 is 0.914 bits per heavy atom. The van der Waals surface area contributed by atoms with E-state index in [4.69, 9.17) is 4.74 Å². The lowest BCUT2D eigenvalue weighted by molar-refractivity contribution is 0.0523. The Labute approximate surface area is 206 Å². The molecule has 2 amide bonds. The van der Waals surface area contributed by atoms with Crippen LogP contribution in [0.2, 0.25) is 0 Å². The molecule has 3 aromatic rings. The van der Waals surface area contributed by atoms with Gasteiger partial charge < -0.3 is 15.4 Å². The molecule has 0 radical (unpaired) electrons. The zero-order valence-electron chi connectivity index (χ0n) is 20.1. The molecule has 3 rings (SSSR count). The number of nitrogens with zero attached hydrogens (tertiary/aromatic N) is 1. The van der Waals surface area contributed by atoms with E-state index in [-0.39, 0.29) is 17.3 Å². The third-order valence-electron chi connectivity index (χ3n) is 4.92. The molecule has 0 aliphatic heterocycles. The van der Waals surface area contributed by atoms with Gasteiger partial charge in [-0.05, 0) is 68.8 Å². The molecule has 0 aliphatic rings. The zero-order chi connectivity index (χ0) is 25.6. The van der Waals surface area contributed by atoms with Gasteiger partial charge in [0, 0.05) is 24.8 Å². The molecule has 8 nitrogen and oxygen atoms in total. The molecule has 3 aromatic carbocycles. The molecule has 0 bridgehead atoms. The molecule has 0 fully saturated rings. The van der Waals surface area contributed by atoms with Crippen LogP contribution in [0, 0.1) is 0 Å². The SMILES string of the molecule is CN(c1ccccc1)S(=O)(=O)c1cccc(NC(=O)c2ccc(CNC(=O)OC(C)(C)C)cc2)c1. The summed E-state index contributed by atoms with van der Waals surface area (Å²) in [6.07, 6.45) is -0.521. The second-order valence-corrected chi connectivity index (χ2v) is 10.8. The Hall–Kier alpha value is -3.85. The van der Waals surface area contributed by atoms with Gasteiger partial charge in [-0.15, -0.1) is 0 Å². The fourth-order valence-electron chi connectivity index (χ4n) is 3.13. The summed E-state index contributed by atoms with van der Waals surface area (Å²) < 4.78 is 32.5. The molecule has 2 N–H and O–H groups in total. The molecule has 0 saturated carbocycles. The van der Waals surface area contributed by atoms with Crippen molar-refractivity contribution < 1.29 is 22.7 Å². The first-order valence-corrected chi connectivity index (χ1v) is 12.4. The summed E-state index contributed by atoms with van der Waals surface area (Å²) in [6, 6.07) is 21.6.